The van der Waals surface area contributed by atoms with Gasteiger partial charge in [0.1, 0.15) is 5.60 Å². The van der Waals surface area contributed by atoms with Gasteiger partial charge in [-0.2, -0.15) is 0 Å². The molecule has 1 aliphatic rings. The van der Waals surface area contributed by atoms with E-state index in [9.17, 15) is 0 Å². The second-order valence-electron chi connectivity index (χ2n) is 7.14. The van der Waals surface area contributed by atoms with Crippen LogP contribution in [0.2, 0.25) is 0 Å². The molecule has 0 spiro atoms. The Kier molecular flexibility index (Phi) is 3.62. The molecule has 1 heteroatoms. The van der Waals surface area contributed by atoms with Crippen molar-refractivity contribution in [1.82, 2.24) is 0 Å². The average molecular weight is 280 g/mol. The maximum Gasteiger partial charge on any atom is 0.118 e. The maximum atomic E-state index is 6.45. The lowest BCUT2D eigenvalue weighted by Gasteiger charge is -2.31. The van der Waals surface area contributed by atoms with Gasteiger partial charge in [-0.15, -0.1) is 0 Å². The second-order valence-corrected chi connectivity index (χ2v) is 7.14. The number of hydrogen-bond donors (Lipinski definition) is 0. The van der Waals surface area contributed by atoms with Crippen LogP contribution in [0, 0.1) is 11.3 Å². The van der Waals surface area contributed by atoms with Crippen LogP contribution in [0.15, 0.2) is 60.7 Å². The Balaban J connectivity index is 2.06. The number of benzene rings is 2. The van der Waals surface area contributed by atoms with Gasteiger partial charge in [-0.1, -0.05) is 81.4 Å². The highest BCUT2D eigenvalue weighted by molar-refractivity contribution is 5.37. The fourth-order valence-electron chi connectivity index (χ4n) is 3.25. The molecule has 1 heterocycles. The summed E-state index contributed by atoms with van der Waals surface area (Å²) in [5.74, 6) is 0.568. The van der Waals surface area contributed by atoms with E-state index in [4.69, 9.17) is 4.74 Å². The number of rotatable bonds is 2. The van der Waals surface area contributed by atoms with Crippen LogP contribution < -0.4 is 0 Å². The molecular formula is C20H24O. The van der Waals surface area contributed by atoms with E-state index in [-0.39, 0.29) is 11.0 Å². The topological polar surface area (TPSA) is 9.23 Å². The molecule has 0 aliphatic carbocycles. The first kappa shape index (κ1) is 14.3. The SMILES string of the molecule is CC(C)(C)[C@@H]1COC(c2ccccc2)(c2ccccc2)C1. The van der Waals surface area contributed by atoms with Crippen molar-refractivity contribution >= 4 is 0 Å². The molecule has 0 N–H and O–H groups in total. The van der Waals surface area contributed by atoms with Gasteiger partial charge in [-0.3, -0.25) is 0 Å². The minimum Gasteiger partial charge on any atom is -0.365 e. The highest BCUT2D eigenvalue weighted by atomic mass is 16.5. The molecule has 1 saturated heterocycles. The highest BCUT2D eigenvalue weighted by Crippen LogP contribution is 2.49. The lowest BCUT2D eigenvalue weighted by Crippen LogP contribution is -2.28. The van der Waals surface area contributed by atoms with E-state index >= 15 is 0 Å². The average Bonchev–Trinajstić information content (AvgIpc) is 2.96. The van der Waals surface area contributed by atoms with Gasteiger partial charge in [-0.25, -0.2) is 0 Å². The summed E-state index contributed by atoms with van der Waals surface area (Å²) >= 11 is 0. The molecule has 2 aromatic rings. The summed E-state index contributed by atoms with van der Waals surface area (Å²) in [7, 11) is 0. The number of hydrogen-bond acceptors (Lipinski definition) is 1. The summed E-state index contributed by atoms with van der Waals surface area (Å²) in [5.41, 5.74) is 2.51. The molecule has 0 radical (unpaired) electrons. The minimum absolute atomic E-state index is 0.269. The van der Waals surface area contributed by atoms with Gasteiger partial charge in [0.05, 0.1) is 6.61 Å². The fourth-order valence-corrected chi connectivity index (χ4v) is 3.25. The largest absolute Gasteiger partial charge is 0.365 e. The van der Waals surface area contributed by atoms with Crippen molar-refractivity contribution in [3.8, 4) is 0 Å². The second kappa shape index (κ2) is 5.31. The third-order valence-corrected chi connectivity index (χ3v) is 4.77. The lowest BCUT2D eigenvalue weighted by atomic mass is 9.73. The van der Waals surface area contributed by atoms with Crippen LogP contribution in [0.3, 0.4) is 0 Å². The van der Waals surface area contributed by atoms with Gasteiger partial charge in [0.25, 0.3) is 0 Å². The van der Waals surface area contributed by atoms with E-state index < -0.39 is 0 Å². The van der Waals surface area contributed by atoms with Crippen LogP contribution in [0.5, 0.6) is 0 Å². The van der Waals surface area contributed by atoms with Crippen LogP contribution >= 0.6 is 0 Å². The summed E-state index contributed by atoms with van der Waals surface area (Å²) in [6, 6.07) is 21.3. The van der Waals surface area contributed by atoms with Crippen molar-refractivity contribution in [2.75, 3.05) is 6.61 Å². The quantitative estimate of drug-likeness (QED) is 0.751. The van der Waals surface area contributed by atoms with E-state index in [2.05, 4.69) is 81.4 Å². The smallest absolute Gasteiger partial charge is 0.118 e. The zero-order chi connectivity index (χ0) is 14.9. The fraction of sp³-hybridized carbons (Fsp3) is 0.400. The number of ether oxygens (including phenoxy) is 1. The Labute approximate surface area is 128 Å². The molecular weight excluding hydrogens is 256 g/mol. The van der Waals surface area contributed by atoms with Gasteiger partial charge < -0.3 is 4.74 Å². The van der Waals surface area contributed by atoms with E-state index in [1.165, 1.54) is 11.1 Å². The Morgan fingerprint density at radius 1 is 0.857 bits per heavy atom. The van der Waals surface area contributed by atoms with Gasteiger partial charge >= 0.3 is 0 Å². The molecule has 1 nitrogen and oxygen atoms in total. The lowest BCUT2D eigenvalue weighted by molar-refractivity contribution is 0.0317. The molecule has 0 amide bonds. The molecule has 110 valence electrons. The molecule has 0 unspecified atom stereocenters. The standard InChI is InChI=1S/C20H24O/c1-19(2,3)18-14-20(21-15-18,16-10-6-4-7-11-16)17-12-8-5-9-13-17/h4-13,18H,14-15H2,1-3H3/t18-/m0/s1. The van der Waals surface area contributed by atoms with Crippen LogP contribution in [-0.4, -0.2) is 6.61 Å². The Morgan fingerprint density at radius 3 is 1.71 bits per heavy atom. The first-order valence-corrected chi connectivity index (χ1v) is 7.77. The summed E-state index contributed by atoms with van der Waals surface area (Å²) < 4.78 is 6.45. The Hall–Kier alpha value is -1.60. The molecule has 1 aliphatic heterocycles. The Morgan fingerprint density at radius 2 is 1.33 bits per heavy atom. The minimum atomic E-state index is -0.291. The zero-order valence-electron chi connectivity index (χ0n) is 13.2. The van der Waals surface area contributed by atoms with Gasteiger partial charge in [-0.05, 0) is 28.9 Å². The molecule has 2 aromatic carbocycles. The Bertz CT molecular complexity index is 541. The van der Waals surface area contributed by atoms with E-state index in [0.29, 0.717) is 5.92 Å². The summed E-state index contributed by atoms with van der Waals surface area (Å²) in [6.07, 6.45) is 1.05. The first-order valence-electron chi connectivity index (χ1n) is 7.77. The van der Waals surface area contributed by atoms with Crippen LogP contribution in [0.25, 0.3) is 0 Å². The summed E-state index contributed by atoms with van der Waals surface area (Å²) in [5, 5.41) is 0. The summed E-state index contributed by atoms with van der Waals surface area (Å²) in [6.45, 7) is 7.76. The molecule has 0 aromatic heterocycles. The first-order chi connectivity index (χ1) is 10.0. The van der Waals surface area contributed by atoms with Gasteiger partial charge in [0.15, 0.2) is 0 Å². The van der Waals surface area contributed by atoms with Crippen molar-refractivity contribution in [2.24, 2.45) is 11.3 Å². The highest BCUT2D eigenvalue weighted by Gasteiger charge is 2.46. The van der Waals surface area contributed by atoms with Gasteiger partial charge in [0.2, 0.25) is 0 Å². The normalized spacial score (nSPS) is 21.4. The van der Waals surface area contributed by atoms with Crippen molar-refractivity contribution in [3.05, 3.63) is 71.8 Å². The third kappa shape index (κ3) is 2.63. The van der Waals surface area contributed by atoms with E-state index in [1.807, 2.05) is 0 Å². The van der Waals surface area contributed by atoms with Gasteiger partial charge in [0, 0.05) is 0 Å². The van der Waals surface area contributed by atoms with Crippen molar-refractivity contribution in [2.45, 2.75) is 32.8 Å². The molecule has 3 rings (SSSR count). The van der Waals surface area contributed by atoms with Crippen molar-refractivity contribution in [1.29, 1.82) is 0 Å². The summed E-state index contributed by atoms with van der Waals surface area (Å²) in [4.78, 5) is 0. The van der Waals surface area contributed by atoms with Crippen molar-refractivity contribution in [3.63, 3.8) is 0 Å². The van der Waals surface area contributed by atoms with Crippen LogP contribution in [0.4, 0.5) is 0 Å². The zero-order valence-corrected chi connectivity index (χ0v) is 13.2. The van der Waals surface area contributed by atoms with Crippen LogP contribution in [-0.2, 0) is 10.3 Å². The van der Waals surface area contributed by atoms with Crippen molar-refractivity contribution < 1.29 is 4.74 Å². The molecule has 1 fully saturated rings. The molecule has 0 saturated carbocycles. The van der Waals surface area contributed by atoms with Crippen LogP contribution in [0.1, 0.15) is 38.3 Å². The predicted molar refractivity (Wildman–Crippen MR) is 87.2 cm³/mol. The van der Waals surface area contributed by atoms with E-state index in [1.54, 1.807) is 0 Å². The molecule has 0 bridgehead atoms. The molecule has 1 atom stereocenters. The maximum absolute atomic E-state index is 6.45. The predicted octanol–water partition coefficient (Wildman–Crippen LogP) is 5.01. The third-order valence-electron chi connectivity index (χ3n) is 4.77. The molecule has 21 heavy (non-hydrogen) atoms. The van der Waals surface area contributed by atoms with E-state index in [0.717, 1.165) is 13.0 Å². The monoisotopic (exact) mass is 280 g/mol.